The quantitative estimate of drug-likeness (QED) is 0.554. The number of imidazole rings is 2. The summed E-state index contributed by atoms with van der Waals surface area (Å²) in [7, 11) is 0. The van der Waals surface area contributed by atoms with Gasteiger partial charge in [0.1, 0.15) is 11.0 Å². The smallest absolute Gasteiger partial charge is 0.115 e. The van der Waals surface area contributed by atoms with Gasteiger partial charge in [-0.2, -0.15) is 0 Å². The minimum atomic E-state index is 0.830. The second kappa shape index (κ2) is 4.27. The van der Waals surface area contributed by atoms with Crippen LogP contribution in [0, 0.1) is 0 Å². The van der Waals surface area contributed by atoms with Crippen LogP contribution in [0.1, 0.15) is 0 Å². The van der Waals surface area contributed by atoms with E-state index in [4.69, 9.17) is 0 Å². The molecule has 3 heterocycles. The van der Waals surface area contributed by atoms with Crippen molar-refractivity contribution in [3.05, 3.63) is 62.0 Å². The third-order valence-electron chi connectivity index (χ3n) is 3.15. The van der Waals surface area contributed by atoms with Gasteiger partial charge in [-0.15, -0.1) is 0 Å². The van der Waals surface area contributed by atoms with E-state index in [2.05, 4.69) is 19.9 Å². The Morgan fingerprint density at radius 1 is 0.650 bits per heavy atom. The molecule has 0 atom stereocenters. The van der Waals surface area contributed by atoms with Crippen LogP contribution in [0.2, 0.25) is 0 Å². The number of benzene rings is 1. The molecule has 0 fully saturated rings. The first-order valence-corrected chi connectivity index (χ1v) is 6.14. The topological polar surface area (TPSA) is 61.4 Å². The molecule has 0 aliphatic carbocycles. The highest BCUT2D eigenvalue weighted by Gasteiger charge is 2.10. The van der Waals surface area contributed by atoms with E-state index in [1.807, 2.05) is 33.7 Å². The Bertz CT molecular complexity index is 776. The molecule has 4 aromatic rings. The average Bonchev–Trinajstić information content (AvgIpc) is 3.19. The van der Waals surface area contributed by atoms with Crippen molar-refractivity contribution >= 4 is 11.0 Å². The van der Waals surface area contributed by atoms with E-state index in [0.717, 1.165) is 22.4 Å². The van der Waals surface area contributed by atoms with Crippen LogP contribution in [-0.4, -0.2) is 29.1 Å². The monoisotopic (exact) mass is 262 g/mol. The molecule has 6 heteroatoms. The summed E-state index contributed by atoms with van der Waals surface area (Å²) in [5, 5.41) is 0. The molecule has 0 N–H and O–H groups in total. The van der Waals surface area contributed by atoms with Crippen molar-refractivity contribution in [3.63, 3.8) is 0 Å². The standard InChI is InChI=1S/C14H10N6/c1-2-12(20-8-6-16-10-20)14-13(17-3-4-18-14)11(1)19-7-5-15-9-19/h1-10H. The largest absolute Gasteiger partial charge is 0.304 e. The first-order chi connectivity index (χ1) is 9.93. The van der Waals surface area contributed by atoms with Crippen molar-refractivity contribution in [2.75, 3.05) is 0 Å². The number of rotatable bonds is 2. The summed E-state index contributed by atoms with van der Waals surface area (Å²) in [5.41, 5.74) is 3.57. The van der Waals surface area contributed by atoms with E-state index >= 15 is 0 Å². The highest BCUT2D eigenvalue weighted by molar-refractivity contribution is 5.89. The molecule has 1 aromatic carbocycles. The molecule has 0 aliphatic heterocycles. The number of aromatic nitrogens is 6. The molecular weight excluding hydrogens is 252 g/mol. The summed E-state index contributed by atoms with van der Waals surface area (Å²) < 4.78 is 3.85. The maximum Gasteiger partial charge on any atom is 0.115 e. The van der Waals surface area contributed by atoms with Crippen molar-refractivity contribution in [3.8, 4) is 11.4 Å². The van der Waals surface area contributed by atoms with E-state index in [0.29, 0.717) is 0 Å². The third kappa shape index (κ3) is 1.58. The van der Waals surface area contributed by atoms with Gasteiger partial charge in [-0.05, 0) is 12.1 Å². The van der Waals surface area contributed by atoms with Crippen LogP contribution in [-0.2, 0) is 0 Å². The predicted molar refractivity (Wildman–Crippen MR) is 73.8 cm³/mol. The Balaban J connectivity index is 2.05. The van der Waals surface area contributed by atoms with Gasteiger partial charge in [0.25, 0.3) is 0 Å². The summed E-state index contributed by atoms with van der Waals surface area (Å²) in [6.45, 7) is 0. The van der Waals surface area contributed by atoms with E-state index in [1.54, 1.807) is 37.4 Å². The SMILES string of the molecule is c1cn(-c2ccc(-n3ccnc3)c3nccnc23)cn1. The third-order valence-corrected chi connectivity index (χ3v) is 3.15. The molecule has 0 saturated heterocycles. The lowest BCUT2D eigenvalue weighted by Gasteiger charge is -2.10. The second-order valence-corrected chi connectivity index (χ2v) is 4.30. The summed E-state index contributed by atoms with van der Waals surface area (Å²) in [5.74, 6) is 0. The molecule has 20 heavy (non-hydrogen) atoms. The first-order valence-electron chi connectivity index (χ1n) is 6.14. The molecule has 0 amide bonds. The summed E-state index contributed by atoms with van der Waals surface area (Å²) in [4.78, 5) is 17.1. The van der Waals surface area contributed by atoms with Gasteiger partial charge in [-0.3, -0.25) is 9.97 Å². The van der Waals surface area contributed by atoms with Gasteiger partial charge in [0.2, 0.25) is 0 Å². The zero-order valence-corrected chi connectivity index (χ0v) is 10.5. The van der Waals surface area contributed by atoms with Crippen LogP contribution in [0.15, 0.2) is 62.0 Å². The van der Waals surface area contributed by atoms with Crippen LogP contribution in [0.3, 0.4) is 0 Å². The van der Waals surface area contributed by atoms with Crippen LogP contribution in [0.25, 0.3) is 22.4 Å². The van der Waals surface area contributed by atoms with Crippen molar-refractivity contribution in [1.82, 2.24) is 29.1 Å². The molecular formula is C14H10N6. The first kappa shape index (κ1) is 10.9. The molecule has 0 aliphatic rings. The molecule has 0 bridgehead atoms. The Labute approximate surface area is 114 Å². The molecule has 4 rings (SSSR count). The predicted octanol–water partition coefficient (Wildman–Crippen LogP) is 2.00. The maximum absolute atomic E-state index is 4.46. The molecule has 0 saturated carbocycles. The highest BCUT2D eigenvalue weighted by Crippen LogP contribution is 2.24. The van der Waals surface area contributed by atoms with Gasteiger partial charge in [-0.1, -0.05) is 0 Å². The van der Waals surface area contributed by atoms with Crippen molar-refractivity contribution in [1.29, 1.82) is 0 Å². The average molecular weight is 262 g/mol. The van der Waals surface area contributed by atoms with Crippen molar-refractivity contribution in [2.24, 2.45) is 0 Å². The Kier molecular flexibility index (Phi) is 2.32. The van der Waals surface area contributed by atoms with Crippen LogP contribution < -0.4 is 0 Å². The molecule has 96 valence electrons. The van der Waals surface area contributed by atoms with E-state index in [-0.39, 0.29) is 0 Å². The van der Waals surface area contributed by atoms with E-state index in [9.17, 15) is 0 Å². The summed E-state index contributed by atoms with van der Waals surface area (Å²) in [6, 6.07) is 4.02. The molecule has 6 nitrogen and oxygen atoms in total. The Morgan fingerprint density at radius 2 is 1.15 bits per heavy atom. The van der Waals surface area contributed by atoms with Gasteiger partial charge < -0.3 is 9.13 Å². The number of hydrogen-bond acceptors (Lipinski definition) is 4. The fraction of sp³-hybridized carbons (Fsp3) is 0. The normalized spacial score (nSPS) is 11.0. The zero-order chi connectivity index (χ0) is 13.4. The number of nitrogens with zero attached hydrogens (tertiary/aromatic N) is 6. The molecule has 0 spiro atoms. The van der Waals surface area contributed by atoms with Crippen LogP contribution >= 0.6 is 0 Å². The lowest BCUT2D eigenvalue weighted by atomic mass is 10.2. The zero-order valence-electron chi connectivity index (χ0n) is 10.5. The minimum Gasteiger partial charge on any atom is -0.304 e. The van der Waals surface area contributed by atoms with Crippen molar-refractivity contribution in [2.45, 2.75) is 0 Å². The Morgan fingerprint density at radius 3 is 1.55 bits per heavy atom. The summed E-state index contributed by atoms with van der Waals surface area (Å²) >= 11 is 0. The summed E-state index contributed by atoms with van der Waals surface area (Å²) in [6.07, 6.45) is 14.2. The lowest BCUT2D eigenvalue weighted by molar-refractivity contribution is 1.03. The van der Waals surface area contributed by atoms with Crippen LogP contribution in [0.4, 0.5) is 0 Å². The molecule has 3 aromatic heterocycles. The fourth-order valence-corrected chi connectivity index (χ4v) is 2.25. The number of hydrogen-bond donors (Lipinski definition) is 0. The van der Waals surface area contributed by atoms with Crippen LogP contribution in [0.5, 0.6) is 0 Å². The van der Waals surface area contributed by atoms with Gasteiger partial charge >= 0.3 is 0 Å². The maximum atomic E-state index is 4.46. The molecule has 0 radical (unpaired) electrons. The van der Waals surface area contributed by atoms with E-state index in [1.165, 1.54) is 0 Å². The molecule has 0 unspecified atom stereocenters. The van der Waals surface area contributed by atoms with Gasteiger partial charge in [0.15, 0.2) is 0 Å². The second-order valence-electron chi connectivity index (χ2n) is 4.30. The van der Waals surface area contributed by atoms with Gasteiger partial charge in [-0.25, -0.2) is 9.97 Å². The van der Waals surface area contributed by atoms with Gasteiger partial charge in [0.05, 0.1) is 24.0 Å². The van der Waals surface area contributed by atoms with Crippen molar-refractivity contribution < 1.29 is 0 Å². The Hall–Kier alpha value is -3.02. The lowest BCUT2D eigenvalue weighted by Crippen LogP contribution is -1.99. The van der Waals surface area contributed by atoms with E-state index < -0.39 is 0 Å². The minimum absolute atomic E-state index is 0.830. The highest BCUT2D eigenvalue weighted by atomic mass is 15.1. The van der Waals surface area contributed by atoms with Gasteiger partial charge in [0, 0.05) is 37.2 Å². The number of fused-ring (bicyclic) bond motifs is 1. The fourth-order valence-electron chi connectivity index (χ4n) is 2.25.